The summed E-state index contributed by atoms with van der Waals surface area (Å²) in [7, 11) is 1.93. The number of likely N-dealkylation sites (tertiary alicyclic amines) is 1. The molecular weight excluding hydrogens is 248 g/mol. The number of hydrogen-bond acceptors (Lipinski definition) is 2. The summed E-state index contributed by atoms with van der Waals surface area (Å²) in [5.74, 6) is 0.255. The van der Waals surface area contributed by atoms with Crippen LogP contribution in [0, 0.1) is 0 Å². The minimum absolute atomic E-state index is 0.255. The van der Waals surface area contributed by atoms with Crippen molar-refractivity contribution < 1.29 is 4.79 Å². The zero-order chi connectivity index (χ0) is 14.2. The molecule has 0 saturated carbocycles. The van der Waals surface area contributed by atoms with Crippen LogP contribution in [-0.4, -0.2) is 48.9 Å². The average molecular weight is 274 g/mol. The van der Waals surface area contributed by atoms with Crippen LogP contribution in [0.15, 0.2) is 30.3 Å². The number of amides is 1. The Balaban J connectivity index is 1.66. The smallest absolute Gasteiger partial charge is 0.222 e. The lowest BCUT2D eigenvalue weighted by Gasteiger charge is -2.28. The molecule has 0 aliphatic carbocycles. The summed E-state index contributed by atoms with van der Waals surface area (Å²) < 4.78 is 0. The maximum Gasteiger partial charge on any atom is 0.222 e. The average Bonchev–Trinajstić information content (AvgIpc) is 2.52. The zero-order valence-corrected chi connectivity index (χ0v) is 12.6. The highest BCUT2D eigenvalue weighted by Crippen LogP contribution is 2.08. The largest absolute Gasteiger partial charge is 0.344 e. The second kappa shape index (κ2) is 8.05. The van der Waals surface area contributed by atoms with Crippen molar-refractivity contribution in [1.29, 1.82) is 0 Å². The van der Waals surface area contributed by atoms with E-state index in [1.807, 2.05) is 30.1 Å². The van der Waals surface area contributed by atoms with E-state index >= 15 is 0 Å². The van der Waals surface area contributed by atoms with E-state index in [1.165, 1.54) is 37.9 Å². The summed E-state index contributed by atoms with van der Waals surface area (Å²) in [5, 5.41) is 0. The fourth-order valence-corrected chi connectivity index (χ4v) is 2.69. The van der Waals surface area contributed by atoms with Crippen molar-refractivity contribution in [1.82, 2.24) is 9.80 Å². The third kappa shape index (κ3) is 4.97. The third-order valence-corrected chi connectivity index (χ3v) is 4.10. The molecule has 3 nitrogen and oxygen atoms in total. The highest BCUT2D eigenvalue weighted by Gasteiger charge is 2.13. The van der Waals surface area contributed by atoms with Crippen molar-refractivity contribution in [3.63, 3.8) is 0 Å². The molecule has 1 fully saturated rings. The zero-order valence-electron chi connectivity index (χ0n) is 12.6. The van der Waals surface area contributed by atoms with E-state index in [0.29, 0.717) is 6.42 Å². The first-order chi connectivity index (χ1) is 9.75. The number of nitrogens with zero attached hydrogens (tertiary/aromatic N) is 2. The number of hydrogen-bond donors (Lipinski definition) is 0. The van der Waals surface area contributed by atoms with Crippen molar-refractivity contribution in [3.05, 3.63) is 35.9 Å². The Morgan fingerprint density at radius 3 is 2.55 bits per heavy atom. The first-order valence-corrected chi connectivity index (χ1v) is 7.76. The fourth-order valence-electron chi connectivity index (χ4n) is 2.69. The van der Waals surface area contributed by atoms with Gasteiger partial charge >= 0.3 is 0 Å². The minimum atomic E-state index is 0.255. The number of aryl methyl sites for hydroxylation is 1. The third-order valence-electron chi connectivity index (χ3n) is 4.10. The summed E-state index contributed by atoms with van der Waals surface area (Å²) >= 11 is 0. The van der Waals surface area contributed by atoms with Crippen LogP contribution in [0.3, 0.4) is 0 Å². The standard InChI is InChI=1S/C17H26N2O/c1-18(14-15-19-12-6-3-7-13-19)17(20)11-10-16-8-4-2-5-9-16/h2,4-5,8-9H,3,6-7,10-15H2,1H3. The van der Waals surface area contributed by atoms with E-state index < -0.39 is 0 Å². The molecule has 0 aromatic heterocycles. The molecule has 1 aromatic rings. The second-order valence-corrected chi connectivity index (χ2v) is 5.70. The molecule has 3 heteroatoms. The molecule has 0 unspecified atom stereocenters. The van der Waals surface area contributed by atoms with E-state index in [9.17, 15) is 4.79 Å². The van der Waals surface area contributed by atoms with Gasteiger partial charge in [-0.3, -0.25) is 4.79 Å². The van der Waals surface area contributed by atoms with Gasteiger partial charge in [-0.15, -0.1) is 0 Å². The number of likely N-dealkylation sites (N-methyl/N-ethyl adjacent to an activating group) is 1. The number of piperidine rings is 1. The predicted octanol–water partition coefficient (Wildman–Crippen LogP) is 2.56. The van der Waals surface area contributed by atoms with Gasteiger partial charge in [-0.2, -0.15) is 0 Å². The number of carbonyl (C=O) groups is 1. The van der Waals surface area contributed by atoms with Crippen LogP contribution in [0.4, 0.5) is 0 Å². The predicted molar refractivity (Wildman–Crippen MR) is 82.7 cm³/mol. The van der Waals surface area contributed by atoms with E-state index in [4.69, 9.17) is 0 Å². The molecule has 110 valence electrons. The van der Waals surface area contributed by atoms with Crippen molar-refractivity contribution in [2.24, 2.45) is 0 Å². The van der Waals surface area contributed by atoms with Crippen LogP contribution in [0.5, 0.6) is 0 Å². The van der Waals surface area contributed by atoms with Crippen LogP contribution in [-0.2, 0) is 11.2 Å². The van der Waals surface area contributed by atoms with Crippen LogP contribution >= 0.6 is 0 Å². The summed E-state index contributed by atoms with van der Waals surface area (Å²) in [6, 6.07) is 10.2. The Morgan fingerprint density at radius 1 is 1.15 bits per heavy atom. The van der Waals surface area contributed by atoms with E-state index in [2.05, 4.69) is 17.0 Å². The lowest BCUT2D eigenvalue weighted by Crippen LogP contribution is -2.38. The molecule has 0 atom stereocenters. The molecule has 0 radical (unpaired) electrons. The van der Waals surface area contributed by atoms with Gasteiger partial charge < -0.3 is 9.80 Å². The summed E-state index contributed by atoms with van der Waals surface area (Å²) in [6.45, 7) is 4.28. The number of carbonyl (C=O) groups excluding carboxylic acids is 1. The quantitative estimate of drug-likeness (QED) is 0.796. The molecule has 0 bridgehead atoms. The van der Waals surface area contributed by atoms with E-state index in [-0.39, 0.29) is 5.91 Å². The Bertz CT molecular complexity index is 399. The maximum absolute atomic E-state index is 12.1. The monoisotopic (exact) mass is 274 g/mol. The lowest BCUT2D eigenvalue weighted by molar-refractivity contribution is -0.130. The first kappa shape index (κ1) is 15.0. The highest BCUT2D eigenvalue weighted by atomic mass is 16.2. The minimum Gasteiger partial charge on any atom is -0.344 e. The number of rotatable bonds is 6. The highest BCUT2D eigenvalue weighted by molar-refractivity contribution is 5.76. The summed E-state index contributed by atoms with van der Waals surface area (Å²) in [5.41, 5.74) is 1.24. The van der Waals surface area contributed by atoms with Gasteiger partial charge in [-0.1, -0.05) is 36.8 Å². The molecule has 1 heterocycles. The SMILES string of the molecule is CN(CCN1CCCCC1)C(=O)CCc1ccccc1. The van der Waals surface area contributed by atoms with Crippen molar-refractivity contribution in [2.45, 2.75) is 32.1 Å². The Hall–Kier alpha value is -1.35. The van der Waals surface area contributed by atoms with Gasteiger partial charge in [-0.25, -0.2) is 0 Å². The molecule has 1 amide bonds. The van der Waals surface area contributed by atoms with Crippen LogP contribution < -0.4 is 0 Å². The maximum atomic E-state index is 12.1. The van der Waals surface area contributed by atoms with Gasteiger partial charge in [-0.05, 0) is 37.9 Å². The summed E-state index contributed by atoms with van der Waals surface area (Å²) in [6.07, 6.45) is 5.44. The molecule has 20 heavy (non-hydrogen) atoms. The molecular formula is C17H26N2O. The first-order valence-electron chi connectivity index (χ1n) is 7.76. The van der Waals surface area contributed by atoms with Crippen LogP contribution in [0.25, 0.3) is 0 Å². The molecule has 1 aliphatic rings. The van der Waals surface area contributed by atoms with Crippen LogP contribution in [0.1, 0.15) is 31.2 Å². The van der Waals surface area contributed by atoms with Crippen molar-refractivity contribution >= 4 is 5.91 Å². The Labute approximate surface area is 122 Å². The van der Waals surface area contributed by atoms with Gasteiger partial charge in [0, 0.05) is 26.6 Å². The Morgan fingerprint density at radius 2 is 1.85 bits per heavy atom. The van der Waals surface area contributed by atoms with Gasteiger partial charge in [0.1, 0.15) is 0 Å². The molecule has 1 aliphatic heterocycles. The molecule has 0 spiro atoms. The number of benzene rings is 1. The normalized spacial score (nSPS) is 16.1. The Kier molecular flexibility index (Phi) is 6.06. The van der Waals surface area contributed by atoms with Crippen LogP contribution in [0.2, 0.25) is 0 Å². The van der Waals surface area contributed by atoms with Gasteiger partial charge in [0.2, 0.25) is 5.91 Å². The molecule has 1 saturated heterocycles. The van der Waals surface area contributed by atoms with Crippen molar-refractivity contribution in [2.75, 3.05) is 33.2 Å². The van der Waals surface area contributed by atoms with Gasteiger partial charge in [0.05, 0.1) is 0 Å². The topological polar surface area (TPSA) is 23.6 Å². The van der Waals surface area contributed by atoms with Crippen molar-refractivity contribution in [3.8, 4) is 0 Å². The fraction of sp³-hybridized carbons (Fsp3) is 0.588. The van der Waals surface area contributed by atoms with E-state index in [1.54, 1.807) is 0 Å². The second-order valence-electron chi connectivity index (χ2n) is 5.70. The summed E-state index contributed by atoms with van der Waals surface area (Å²) in [4.78, 5) is 16.5. The molecule has 2 rings (SSSR count). The molecule has 1 aromatic carbocycles. The lowest BCUT2D eigenvalue weighted by atomic mass is 10.1. The van der Waals surface area contributed by atoms with E-state index in [0.717, 1.165) is 19.5 Å². The molecule has 0 N–H and O–H groups in total. The van der Waals surface area contributed by atoms with Gasteiger partial charge in [0.15, 0.2) is 0 Å². The van der Waals surface area contributed by atoms with Gasteiger partial charge in [0.25, 0.3) is 0 Å².